The van der Waals surface area contributed by atoms with Crippen molar-refractivity contribution in [1.82, 2.24) is 4.90 Å². The first-order valence-corrected chi connectivity index (χ1v) is 8.12. The van der Waals surface area contributed by atoms with Crippen molar-refractivity contribution in [2.75, 3.05) is 13.1 Å². The second-order valence-corrected chi connectivity index (χ2v) is 7.19. The zero-order valence-corrected chi connectivity index (χ0v) is 12.4. The quantitative estimate of drug-likeness (QED) is 0.760. The van der Waals surface area contributed by atoms with Gasteiger partial charge in [-0.1, -0.05) is 25.1 Å². The van der Waals surface area contributed by atoms with Crippen molar-refractivity contribution in [3.05, 3.63) is 0 Å². The molecule has 2 N–H and O–H groups in total. The van der Waals surface area contributed by atoms with E-state index in [9.17, 15) is 4.79 Å². The van der Waals surface area contributed by atoms with E-state index in [1.54, 1.807) is 0 Å². The topological polar surface area (TPSA) is 46.3 Å². The van der Waals surface area contributed by atoms with Gasteiger partial charge in [-0.15, -0.1) is 0 Å². The Hall–Kier alpha value is -0.640. The summed E-state index contributed by atoms with van der Waals surface area (Å²) in [5.41, 5.74) is 5.45. The molecule has 3 rings (SSSR count). The third kappa shape index (κ3) is 2.78. The van der Waals surface area contributed by atoms with Gasteiger partial charge in [0, 0.05) is 13.1 Å². The van der Waals surface area contributed by atoms with E-state index in [-0.39, 0.29) is 5.91 Å². The molecular formula is C15H24N2OS. The van der Waals surface area contributed by atoms with Crippen LogP contribution in [0.15, 0.2) is 0 Å². The van der Waals surface area contributed by atoms with Crippen LogP contribution in [0.1, 0.15) is 51.4 Å². The van der Waals surface area contributed by atoms with Crippen LogP contribution in [0.3, 0.4) is 0 Å². The van der Waals surface area contributed by atoms with Crippen molar-refractivity contribution in [3.8, 4) is 0 Å². The van der Waals surface area contributed by atoms with E-state index in [1.807, 2.05) is 0 Å². The van der Waals surface area contributed by atoms with E-state index in [0.717, 1.165) is 50.6 Å². The van der Waals surface area contributed by atoms with E-state index >= 15 is 0 Å². The zero-order valence-electron chi connectivity index (χ0n) is 11.6. The fourth-order valence-electron chi connectivity index (χ4n) is 3.31. The van der Waals surface area contributed by atoms with Gasteiger partial charge in [-0.25, -0.2) is 0 Å². The Labute approximate surface area is 120 Å². The van der Waals surface area contributed by atoms with Gasteiger partial charge in [0.15, 0.2) is 0 Å². The van der Waals surface area contributed by atoms with Crippen LogP contribution >= 0.6 is 12.2 Å². The lowest BCUT2D eigenvalue weighted by Gasteiger charge is -2.34. The third-order valence-electron chi connectivity index (χ3n) is 4.98. The molecule has 0 heterocycles. The molecule has 3 aliphatic rings. The van der Waals surface area contributed by atoms with Gasteiger partial charge < -0.3 is 10.6 Å². The number of carbonyl (C=O) groups is 1. The van der Waals surface area contributed by atoms with E-state index < -0.39 is 5.41 Å². The van der Waals surface area contributed by atoms with Crippen LogP contribution in [0.2, 0.25) is 0 Å². The summed E-state index contributed by atoms with van der Waals surface area (Å²) in [4.78, 5) is 15.5. The molecule has 0 aromatic rings. The lowest BCUT2D eigenvalue weighted by Crippen LogP contribution is -2.50. The molecule has 0 aromatic heterocycles. The minimum absolute atomic E-state index is 0.247. The summed E-state index contributed by atoms with van der Waals surface area (Å²) in [7, 11) is 0. The van der Waals surface area contributed by atoms with Crippen molar-refractivity contribution in [2.45, 2.75) is 51.4 Å². The van der Waals surface area contributed by atoms with Gasteiger partial charge in [-0.05, 0) is 50.4 Å². The number of hydrogen-bond acceptors (Lipinski definition) is 2. The molecule has 3 fully saturated rings. The first-order chi connectivity index (χ1) is 9.12. The van der Waals surface area contributed by atoms with Crippen molar-refractivity contribution in [3.63, 3.8) is 0 Å². The van der Waals surface area contributed by atoms with Gasteiger partial charge in [0.1, 0.15) is 0 Å². The highest BCUT2D eigenvalue weighted by atomic mass is 32.1. The highest BCUT2D eigenvalue weighted by Crippen LogP contribution is 2.42. The van der Waals surface area contributed by atoms with Crippen molar-refractivity contribution in [1.29, 1.82) is 0 Å². The number of rotatable bonds is 6. The number of nitrogens with zero attached hydrogens (tertiary/aromatic N) is 1. The fraction of sp³-hybridized carbons (Fsp3) is 0.867. The van der Waals surface area contributed by atoms with E-state index in [0.29, 0.717) is 4.99 Å². The third-order valence-corrected chi connectivity index (χ3v) is 5.37. The summed E-state index contributed by atoms with van der Waals surface area (Å²) in [5, 5.41) is 0. The van der Waals surface area contributed by atoms with Crippen LogP contribution in [0.5, 0.6) is 0 Å². The maximum absolute atomic E-state index is 13.0. The standard InChI is InChI=1S/C15H24N2OS/c16-13(19)15(7-1-2-8-15)14(18)17(9-11-3-4-11)10-12-5-6-12/h11-12H,1-10H2,(H2,16,19). The maximum atomic E-state index is 13.0. The summed E-state index contributed by atoms with van der Waals surface area (Å²) < 4.78 is 0. The van der Waals surface area contributed by atoms with Gasteiger partial charge >= 0.3 is 0 Å². The molecule has 0 atom stereocenters. The molecule has 3 nitrogen and oxygen atoms in total. The van der Waals surface area contributed by atoms with Gasteiger partial charge in [-0.2, -0.15) is 0 Å². The normalized spacial score (nSPS) is 25.3. The summed E-state index contributed by atoms with van der Waals surface area (Å²) in [6.45, 7) is 1.89. The molecule has 1 amide bonds. The fourth-order valence-corrected chi connectivity index (χ4v) is 3.60. The highest BCUT2D eigenvalue weighted by Gasteiger charge is 2.47. The number of hydrogen-bond donors (Lipinski definition) is 1. The monoisotopic (exact) mass is 280 g/mol. The second kappa shape index (κ2) is 5.04. The Morgan fingerprint density at radius 3 is 1.95 bits per heavy atom. The summed E-state index contributed by atoms with van der Waals surface area (Å²) >= 11 is 5.25. The largest absolute Gasteiger partial charge is 0.392 e. The number of amides is 1. The predicted molar refractivity (Wildman–Crippen MR) is 79.7 cm³/mol. The van der Waals surface area contributed by atoms with Crippen molar-refractivity contribution >= 4 is 23.1 Å². The molecule has 3 saturated carbocycles. The molecule has 19 heavy (non-hydrogen) atoms. The van der Waals surface area contributed by atoms with Crippen LogP contribution in [-0.2, 0) is 4.79 Å². The Balaban J connectivity index is 1.74. The van der Waals surface area contributed by atoms with E-state index in [1.165, 1.54) is 25.7 Å². The van der Waals surface area contributed by atoms with Crippen LogP contribution < -0.4 is 5.73 Å². The number of thiocarbonyl (C=S) groups is 1. The second-order valence-electron chi connectivity index (χ2n) is 6.75. The maximum Gasteiger partial charge on any atom is 0.235 e. The summed E-state index contributed by atoms with van der Waals surface area (Å²) in [6, 6.07) is 0. The molecule has 3 aliphatic carbocycles. The lowest BCUT2D eigenvalue weighted by atomic mass is 9.84. The molecule has 0 radical (unpaired) electrons. The first kappa shape index (κ1) is 13.3. The first-order valence-electron chi connectivity index (χ1n) is 7.71. The van der Waals surface area contributed by atoms with Crippen LogP contribution in [0.25, 0.3) is 0 Å². The minimum atomic E-state index is -0.501. The van der Waals surface area contributed by atoms with Gasteiger partial charge in [0.25, 0.3) is 0 Å². The van der Waals surface area contributed by atoms with Crippen molar-refractivity contribution < 1.29 is 4.79 Å². The average molecular weight is 280 g/mol. The van der Waals surface area contributed by atoms with Crippen molar-refractivity contribution in [2.24, 2.45) is 23.0 Å². The predicted octanol–water partition coefficient (Wildman–Crippen LogP) is 2.48. The van der Waals surface area contributed by atoms with Crippen LogP contribution in [-0.4, -0.2) is 28.9 Å². The molecular weight excluding hydrogens is 256 g/mol. The Kier molecular flexibility index (Phi) is 3.54. The molecule has 0 unspecified atom stereocenters. The number of carbonyl (C=O) groups excluding carboxylic acids is 1. The molecule has 0 aliphatic heterocycles. The SMILES string of the molecule is NC(=S)C1(C(=O)N(CC2CC2)CC2CC2)CCCC1. The Morgan fingerprint density at radius 1 is 1.11 bits per heavy atom. The minimum Gasteiger partial charge on any atom is -0.392 e. The van der Waals surface area contributed by atoms with E-state index in [2.05, 4.69) is 4.90 Å². The molecule has 0 saturated heterocycles. The molecule has 0 bridgehead atoms. The highest BCUT2D eigenvalue weighted by molar-refractivity contribution is 7.80. The molecule has 0 spiro atoms. The summed E-state index contributed by atoms with van der Waals surface area (Å²) in [6.07, 6.45) is 9.06. The van der Waals surface area contributed by atoms with Crippen LogP contribution in [0.4, 0.5) is 0 Å². The molecule has 106 valence electrons. The van der Waals surface area contributed by atoms with Crippen LogP contribution in [0, 0.1) is 17.3 Å². The Morgan fingerprint density at radius 2 is 1.58 bits per heavy atom. The summed E-state index contributed by atoms with van der Waals surface area (Å²) in [5.74, 6) is 1.73. The Bertz CT molecular complexity index is 368. The van der Waals surface area contributed by atoms with Gasteiger partial charge in [0.2, 0.25) is 5.91 Å². The van der Waals surface area contributed by atoms with E-state index in [4.69, 9.17) is 18.0 Å². The molecule has 4 heteroatoms. The zero-order chi connectivity index (χ0) is 13.5. The average Bonchev–Trinajstić information content (AvgIpc) is 3.30. The van der Waals surface area contributed by atoms with Gasteiger partial charge in [-0.3, -0.25) is 4.79 Å². The van der Waals surface area contributed by atoms with Gasteiger partial charge in [0.05, 0.1) is 10.4 Å². The smallest absolute Gasteiger partial charge is 0.235 e. The number of nitrogens with two attached hydrogens (primary N) is 1. The lowest BCUT2D eigenvalue weighted by molar-refractivity contribution is -0.138. The molecule has 0 aromatic carbocycles.